The lowest BCUT2D eigenvalue weighted by Crippen LogP contribution is -2.47. The summed E-state index contributed by atoms with van der Waals surface area (Å²) in [6, 6.07) is 14.1. The summed E-state index contributed by atoms with van der Waals surface area (Å²) in [7, 11) is 0. The second-order valence-corrected chi connectivity index (χ2v) is 11.6. The fraction of sp³-hybridized carbons (Fsp3) is 0.438. The van der Waals surface area contributed by atoms with Gasteiger partial charge in [-0.05, 0) is 69.0 Å². The zero-order chi connectivity index (χ0) is 31.7. The second kappa shape index (κ2) is 12.4. The third-order valence-corrected chi connectivity index (χ3v) is 8.04. The Bertz CT molecular complexity index is 1700. The molecule has 1 saturated heterocycles. The molecule has 0 N–H and O–H groups in total. The van der Waals surface area contributed by atoms with Crippen LogP contribution >= 0.6 is 0 Å². The summed E-state index contributed by atoms with van der Waals surface area (Å²) < 4.78 is 55.8. The first kappa shape index (κ1) is 30.5. The number of carbonyl (C=O) groups excluding carboxylic acids is 1. The summed E-state index contributed by atoms with van der Waals surface area (Å²) in [5.74, 6) is 1.28. The molecule has 6 rings (SSSR count). The van der Waals surface area contributed by atoms with E-state index in [4.69, 9.17) is 19.3 Å². The van der Waals surface area contributed by atoms with E-state index in [1.165, 1.54) is 11.0 Å². The minimum atomic E-state index is -4.59. The average Bonchev–Trinajstić information content (AvgIpc) is 3.58. The van der Waals surface area contributed by atoms with Crippen LogP contribution in [0.25, 0.3) is 11.9 Å². The number of nitrogens with zero attached hydrogens (tertiary/aromatic N) is 6. The molecule has 2 aromatic carbocycles. The number of benzene rings is 2. The zero-order valence-corrected chi connectivity index (χ0v) is 25.3. The molecule has 0 bridgehead atoms. The quantitative estimate of drug-likeness (QED) is 0.383. The molecule has 1 fully saturated rings. The van der Waals surface area contributed by atoms with Gasteiger partial charge >= 0.3 is 12.3 Å². The summed E-state index contributed by atoms with van der Waals surface area (Å²) >= 11 is 0. The first-order valence-electron chi connectivity index (χ1n) is 15.1. The number of rotatable bonds is 7. The number of alkyl halides is 3. The van der Waals surface area contributed by atoms with E-state index < -0.39 is 24.3 Å². The largest absolute Gasteiger partial charge is 0.481 e. The van der Waals surface area contributed by atoms with Crippen LogP contribution in [-0.2, 0) is 16.2 Å². The summed E-state index contributed by atoms with van der Waals surface area (Å²) in [5.41, 5.74) is 0.841. The lowest BCUT2D eigenvalue weighted by atomic mass is 9.90. The van der Waals surface area contributed by atoms with Crippen molar-refractivity contribution < 1.29 is 32.3 Å². The van der Waals surface area contributed by atoms with Crippen molar-refractivity contribution in [2.45, 2.75) is 65.0 Å². The highest BCUT2D eigenvalue weighted by atomic mass is 19.4. The van der Waals surface area contributed by atoms with Crippen molar-refractivity contribution in [2.75, 3.05) is 19.6 Å². The molecule has 3 aromatic rings. The SMILES string of the molecule is Cc1nc(C2=NC3=c4ccc(OC(C5CCN(C(=O)OCc6ccccc6)CC5)C(F)(F)F)cc4=CCCN3O2)n(C(C)C)n1. The third-order valence-electron chi connectivity index (χ3n) is 8.04. The van der Waals surface area contributed by atoms with Crippen LogP contribution in [0.2, 0.25) is 0 Å². The number of aromatic nitrogens is 3. The van der Waals surface area contributed by atoms with Gasteiger partial charge in [0, 0.05) is 30.3 Å². The zero-order valence-electron chi connectivity index (χ0n) is 25.3. The maximum absolute atomic E-state index is 14.3. The monoisotopic (exact) mass is 624 g/mol. The van der Waals surface area contributed by atoms with Crippen LogP contribution in [0.3, 0.4) is 0 Å². The van der Waals surface area contributed by atoms with Crippen molar-refractivity contribution in [2.24, 2.45) is 10.9 Å². The molecular formula is C32H35F3N6O4. The van der Waals surface area contributed by atoms with E-state index in [2.05, 4.69) is 10.1 Å². The molecule has 0 aliphatic carbocycles. The van der Waals surface area contributed by atoms with Crippen LogP contribution in [0.15, 0.2) is 53.5 Å². The Morgan fingerprint density at radius 1 is 1.09 bits per heavy atom. The Labute approximate surface area is 258 Å². The molecule has 1 unspecified atom stereocenters. The van der Waals surface area contributed by atoms with Crippen LogP contribution in [0.4, 0.5) is 18.0 Å². The maximum Gasteiger partial charge on any atom is 0.425 e. The minimum absolute atomic E-state index is 0.0421. The molecule has 0 radical (unpaired) electrons. The Kier molecular flexibility index (Phi) is 8.43. The molecule has 238 valence electrons. The minimum Gasteiger partial charge on any atom is -0.481 e. The van der Waals surface area contributed by atoms with Gasteiger partial charge < -0.3 is 19.2 Å². The Morgan fingerprint density at radius 2 is 1.84 bits per heavy atom. The summed E-state index contributed by atoms with van der Waals surface area (Å²) in [6.07, 6.45) is -4.33. The first-order valence-corrected chi connectivity index (χ1v) is 15.1. The van der Waals surface area contributed by atoms with Gasteiger partial charge in [-0.3, -0.25) is 0 Å². The number of aliphatic imine (C=N–C) groups is 1. The fourth-order valence-corrected chi connectivity index (χ4v) is 5.79. The van der Waals surface area contributed by atoms with E-state index in [9.17, 15) is 18.0 Å². The number of amides is 1. The van der Waals surface area contributed by atoms with Crippen LogP contribution in [0.1, 0.15) is 56.4 Å². The van der Waals surface area contributed by atoms with Crippen LogP contribution < -0.4 is 15.2 Å². The van der Waals surface area contributed by atoms with E-state index in [0.29, 0.717) is 46.8 Å². The summed E-state index contributed by atoms with van der Waals surface area (Å²) in [6.45, 7) is 6.70. The predicted molar refractivity (Wildman–Crippen MR) is 159 cm³/mol. The van der Waals surface area contributed by atoms with Gasteiger partial charge in [0.05, 0.1) is 6.54 Å². The Hall–Kier alpha value is -4.55. The van der Waals surface area contributed by atoms with Gasteiger partial charge in [0.1, 0.15) is 18.2 Å². The van der Waals surface area contributed by atoms with Gasteiger partial charge in [0.25, 0.3) is 5.90 Å². The molecule has 13 heteroatoms. The molecule has 3 aliphatic rings. The number of hydroxylamine groups is 2. The summed E-state index contributed by atoms with van der Waals surface area (Å²) in [4.78, 5) is 29.3. The normalized spacial score (nSPS) is 17.6. The standard InChI is InChI=1S/C32H35F3N6O4/c1-20(2)41-29(36-21(3)38-41)30-37-28-26-12-11-25(18-24(26)10-7-15-40(28)45-30)44-27(32(33,34)35)23-13-16-39(17-14-23)31(42)43-19-22-8-5-4-6-9-22/h4-6,8-12,18,20,23,27H,7,13-17,19H2,1-3H3. The lowest BCUT2D eigenvalue weighted by Gasteiger charge is -2.36. The van der Waals surface area contributed by atoms with E-state index in [1.807, 2.05) is 50.3 Å². The van der Waals surface area contributed by atoms with Gasteiger partial charge in [0.2, 0.25) is 5.82 Å². The van der Waals surface area contributed by atoms with Gasteiger partial charge in [0.15, 0.2) is 11.9 Å². The van der Waals surface area contributed by atoms with Gasteiger partial charge in [-0.25, -0.2) is 14.5 Å². The fourth-order valence-electron chi connectivity index (χ4n) is 5.79. The van der Waals surface area contributed by atoms with Crippen LogP contribution in [0, 0.1) is 12.8 Å². The summed E-state index contributed by atoms with van der Waals surface area (Å²) in [5, 5.41) is 7.53. The number of aryl methyl sites for hydroxylation is 1. The molecule has 3 aliphatic heterocycles. The molecule has 4 heterocycles. The van der Waals surface area contributed by atoms with Crippen molar-refractivity contribution in [3.63, 3.8) is 0 Å². The topological polar surface area (TPSA) is 94.3 Å². The number of likely N-dealkylation sites (tertiary alicyclic amines) is 1. The second-order valence-electron chi connectivity index (χ2n) is 11.6. The number of fused-ring (bicyclic) bond motifs is 2. The molecule has 45 heavy (non-hydrogen) atoms. The molecule has 10 nitrogen and oxygen atoms in total. The molecule has 1 aromatic heterocycles. The third kappa shape index (κ3) is 6.62. The highest BCUT2D eigenvalue weighted by Crippen LogP contribution is 2.35. The van der Waals surface area contributed by atoms with Crippen LogP contribution in [-0.4, -0.2) is 68.6 Å². The Balaban J connectivity index is 1.18. The van der Waals surface area contributed by atoms with Gasteiger partial charge in [-0.15, -0.1) is 0 Å². The molecule has 0 saturated carbocycles. The van der Waals surface area contributed by atoms with Crippen molar-refractivity contribution in [3.05, 3.63) is 76.2 Å². The maximum atomic E-state index is 14.3. The molecular weight excluding hydrogens is 589 g/mol. The Morgan fingerprint density at radius 3 is 2.56 bits per heavy atom. The number of carbonyl (C=O) groups is 1. The number of hydrogen-bond acceptors (Lipinski definition) is 8. The highest BCUT2D eigenvalue weighted by Gasteiger charge is 2.48. The van der Waals surface area contributed by atoms with E-state index in [0.717, 1.165) is 5.56 Å². The predicted octanol–water partition coefficient (Wildman–Crippen LogP) is 4.47. The lowest BCUT2D eigenvalue weighted by molar-refractivity contribution is -0.213. The molecule has 0 spiro atoms. The highest BCUT2D eigenvalue weighted by molar-refractivity contribution is 5.95. The van der Waals surface area contributed by atoms with Crippen molar-refractivity contribution in [3.8, 4) is 5.75 Å². The first-order chi connectivity index (χ1) is 21.6. The van der Waals surface area contributed by atoms with Crippen molar-refractivity contribution in [1.82, 2.24) is 24.7 Å². The number of halogens is 3. The molecule has 1 atom stereocenters. The van der Waals surface area contributed by atoms with Crippen molar-refractivity contribution >= 4 is 23.9 Å². The van der Waals surface area contributed by atoms with Gasteiger partial charge in [-0.2, -0.15) is 28.3 Å². The van der Waals surface area contributed by atoms with E-state index in [1.54, 1.807) is 28.8 Å². The molecule has 1 amide bonds. The number of piperidine rings is 1. The smallest absolute Gasteiger partial charge is 0.425 e. The van der Waals surface area contributed by atoms with Gasteiger partial charge in [-0.1, -0.05) is 36.4 Å². The number of hydrogen-bond donors (Lipinski definition) is 0. The average molecular weight is 625 g/mol. The van der Waals surface area contributed by atoms with Crippen LogP contribution in [0.5, 0.6) is 5.75 Å². The van der Waals surface area contributed by atoms with E-state index in [-0.39, 0.29) is 44.3 Å². The van der Waals surface area contributed by atoms with E-state index >= 15 is 0 Å². The van der Waals surface area contributed by atoms with Crippen molar-refractivity contribution in [1.29, 1.82) is 0 Å². The number of ether oxygens (including phenoxy) is 2.